The van der Waals surface area contributed by atoms with E-state index in [1.807, 2.05) is 0 Å². The van der Waals surface area contributed by atoms with Crippen molar-refractivity contribution in [2.75, 3.05) is 13.6 Å². The van der Waals surface area contributed by atoms with E-state index in [9.17, 15) is 0 Å². The summed E-state index contributed by atoms with van der Waals surface area (Å²) in [5.41, 5.74) is 4.13. The number of aryl methyl sites for hydroxylation is 1. The zero-order chi connectivity index (χ0) is 8.72. The first-order chi connectivity index (χ1) is 5.70. The van der Waals surface area contributed by atoms with E-state index in [0.717, 1.165) is 13.1 Å². The Hall–Kier alpha value is -0.320. The van der Waals surface area contributed by atoms with Gasteiger partial charge < -0.3 is 28.5 Å². The fourth-order valence-corrected chi connectivity index (χ4v) is 1.80. The van der Waals surface area contributed by atoms with E-state index in [1.165, 1.54) is 17.1 Å². The molecule has 0 spiro atoms. The lowest BCUT2D eigenvalue weighted by Gasteiger charge is -2.14. The number of rotatable bonds is 0. The minimum atomic E-state index is 0. The van der Waals surface area contributed by atoms with Crippen molar-refractivity contribution in [3.05, 3.63) is 23.5 Å². The molecule has 0 bridgehead atoms. The van der Waals surface area contributed by atoms with Gasteiger partial charge in [-0.1, -0.05) is 0 Å². The van der Waals surface area contributed by atoms with E-state index < -0.39 is 0 Å². The molecule has 0 radical (unpaired) electrons. The van der Waals surface area contributed by atoms with E-state index in [4.69, 9.17) is 0 Å². The maximum Gasteiger partial charge on any atom is 0.196 e. The van der Waals surface area contributed by atoms with Crippen LogP contribution in [-0.2, 0) is 6.54 Å². The Labute approximate surface area is 96.3 Å². The lowest BCUT2D eigenvalue weighted by atomic mass is 10.2. The van der Waals surface area contributed by atoms with E-state index in [0.29, 0.717) is 0 Å². The number of nitrogens with zero attached hydrogens (tertiary/aromatic N) is 2. The molecule has 0 aliphatic carbocycles. The summed E-state index contributed by atoms with van der Waals surface area (Å²) in [4.78, 5) is 0. The van der Waals surface area contributed by atoms with Gasteiger partial charge in [0.15, 0.2) is 12.3 Å². The Morgan fingerprint density at radius 3 is 2.69 bits per heavy atom. The average molecular weight is 290 g/mol. The Bertz CT molecular complexity index is 350. The molecule has 0 fully saturated rings. The maximum absolute atomic E-state index is 2.38. The molecule has 0 amide bonds. The zero-order valence-corrected chi connectivity index (χ0v) is 10.5. The van der Waals surface area contributed by atoms with Gasteiger partial charge in [0, 0.05) is 12.6 Å². The Morgan fingerprint density at radius 2 is 2.00 bits per heavy atom. The number of fused-ring (bicyclic) bond motifs is 1. The first kappa shape index (κ1) is 10.8. The van der Waals surface area contributed by atoms with Crippen LogP contribution in [-0.4, -0.2) is 28.4 Å². The number of hydrogen-bond acceptors (Lipinski definition) is 0. The van der Waals surface area contributed by atoms with Crippen molar-refractivity contribution >= 4 is 5.71 Å². The van der Waals surface area contributed by atoms with Gasteiger partial charge in [-0.2, -0.15) is 0 Å². The molecule has 0 saturated carbocycles. The molecule has 0 N–H and O–H groups in total. The topological polar surface area (TPSA) is 7.94 Å². The van der Waals surface area contributed by atoms with E-state index in [-0.39, 0.29) is 24.0 Å². The molecule has 3 heteroatoms. The molecule has 1 aliphatic heterocycles. The second kappa shape index (κ2) is 3.82. The lowest BCUT2D eigenvalue weighted by Crippen LogP contribution is -3.00. The van der Waals surface area contributed by atoms with Crippen molar-refractivity contribution in [2.45, 2.75) is 20.4 Å². The smallest absolute Gasteiger partial charge is 0.196 e. The van der Waals surface area contributed by atoms with Gasteiger partial charge >= 0.3 is 0 Å². The van der Waals surface area contributed by atoms with Crippen LogP contribution in [0, 0.1) is 6.92 Å². The highest BCUT2D eigenvalue weighted by atomic mass is 127. The summed E-state index contributed by atoms with van der Waals surface area (Å²) in [6.45, 7) is 6.61. The van der Waals surface area contributed by atoms with Crippen LogP contribution in [0.5, 0.6) is 0 Å². The summed E-state index contributed by atoms with van der Waals surface area (Å²) in [5, 5.41) is 0. The molecule has 1 aromatic rings. The second-order valence-electron chi connectivity index (χ2n) is 3.52. The van der Waals surface area contributed by atoms with Crippen LogP contribution < -0.4 is 24.0 Å². The van der Waals surface area contributed by atoms with Crippen LogP contribution in [0.3, 0.4) is 0 Å². The lowest BCUT2D eigenvalue weighted by molar-refractivity contribution is -0.501. The highest BCUT2D eigenvalue weighted by Gasteiger charge is 2.19. The number of aromatic nitrogens is 1. The van der Waals surface area contributed by atoms with Crippen molar-refractivity contribution in [2.24, 2.45) is 0 Å². The quantitative estimate of drug-likeness (QED) is 0.396. The highest BCUT2D eigenvalue weighted by Crippen LogP contribution is 2.12. The minimum Gasteiger partial charge on any atom is -1.00 e. The molecule has 1 aromatic heterocycles. The first-order valence-corrected chi connectivity index (χ1v) is 4.41. The summed E-state index contributed by atoms with van der Waals surface area (Å²) >= 11 is 0. The summed E-state index contributed by atoms with van der Waals surface area (Å²) < 4.78 is 4.70. The Kier molecular flexibility index (Phi) is 3.16. The second-order valence-corrected chi connectivity index (χ2v) is 3.52. The third-order valence-corrected chi connectivity index (χ3v) is 2.80. The molecule has 72 valence electrons. The third kappa shape index (κ3) is 1.66. The zero-order valence-electron chi connectivity index (χ0n) is 8.34. The van der Waals surface area contributed by atoms with Crippen molar-refractivity contribution < 1.29 is 28.6 Å². The molecule has 0 saturated heterocycles. The van der Waals surface area contributed by atoms with Gasteiger partial charge in [0.2, 0.25) is 0 Å². The molecular formula is C10H15IN2. The number of hydrogen-bond donors (Lipinski definition) is 0. The molecule has 0 aromatic carbocycles. The standard InChI is InChI=1S/C10H15N2.HI/c1-8-4-5-10-9(2)11(3)6-7-12(8)10;/h4-5H,6-7H2,1-3H3;1H/q+1;/p-1. The van der Waals surface area contributed by atoms with Crippen molar-refractivity contribution in [3.63, 3.8) is 0 Å². The summed E-state index contributed by atoms with van der Waals surface area (Å²) in [7, 11) is 2.15. The maximum atomic E-state index is 2.38. The summed E-state index contributed by atoms with van der Waals surface area (Å²) in [6.07, 6.45) is 0. The minimum absolute atomic E-state index is 0. The predicted octanol–water partition coefficient (Wildman–Crippen LogP) is -1.73. The summed E-state index contributed by atoms with van der Waals surface area (Å²) in [6, 6.07) is 4.40. The van der Waals surface area contributed by atoms with Crippen LogP contribution in [0.4, 0.5) is 0 Å². The molecule has 2 rings (SSSR count). The molecule has 0 unspecified atom stereocenters. The van der Waals surface area contributed by atoms with Gasteiger partial charge in [0.25, 0.3) is 0 Å². The van der Waals surface area contributed by atoms with E-state index in [2.05, 4.69) is 42.2 Å². The van der Waals surface area contributed by atoms with Gasteiger partial charge in [-0.15, -0.1) is 0 Å². The summed E-state index contributed by atoms with van der Waals surface area (Å²) in [5.74, 6) is 0. The van der Waals surface area contributed by atoms with Crippen molar-refractivity contribution in [3.8, 4) is 0 Å². The molecule has 0 atom stereocenters. The van der Waals surface area contributed by atoms with Crippen LogP contribution in [0.25, 0.3) is 0 Å². The third-order valence-electron chi connectivity index (χ3n) is 2.80. The number of halogens is 1. The Balaban J connectivity index is 0.000000845. The average Bonchev–Trinajstić information content (AvgIpc) is 2.41. The fourth-order valence-electron chi connectivity index (χ4n) is 1.80. The Morgan fingerprint density at radius 1 is 1.31 bits per heavy atom. The first-order valence-electron chi connectivity index (χ1n) is 4.41. The predicted molar refractivity (Wildman–Crippen MR) is 50.0 cm³/mol. The SMILES string of the molecule is CC1=[N+](C)CCn2c(C)ccc21.[I-]. The van der Waals surface area contributed by atoms with Gasteiger partial charge in [-0.05, 0) is 19.1 Å². The molecule has 2 nitrogen and oxygen atoms in total. The van der Waals surface area contributed by atoms with Crippen LogP contribution >= 0.6 is 0 Å². The largest absolute Gasteiger partial charge is 1.00 e. The van der Waals surface area contributed by atoms with Crippen LogP contribution in [0.2, 0.25) is 0 Å². The van der Waals surface area contributed by atoms with Gasteiger partial charge in [-0.3, -0.25) is 0 Å². The van der Waals surface area contributed by atoms with Crippen molar-refractivity contribution in [1.29, 1.82) is 0 Å². The normalized spacial score (nSPS) is 15.3. The fraction of sp³-hybridized carbons (Fsp3) is 0.500. The van der Waals surface area contributed by atoms with Crippen LogP contribution in [0.1, 0.15) is 18.3 Å². The molecule has 1 aliphatic rings. The highest BCUT2D eigenvalue weighted by molar-refractivity contribution is 5.93. The van der Waals surface area contributed by atoms with Crippen LogP contribution in [0.15, 0.2) is 12.1 Å². The van der Waals surface area contributed by atoms with Gasteiger partial charge in [0.05, 0.1) is 6.54 Å². The van der Waals surface area contributed by atoms with Gasteiger partial charge in [0.1, 0.15) is 12.7 Å². The van der Waals surface area contributed by atoms with E-state index in [1.54, 1.807) is 0 Å². The monoisotopic (exact) mass is 290 g/mol. The number of likely N-dealkylation sites (N-methyl/N-ethyl adjacent to an activating group) is 1. The molecule has 2 heterocycles. The van der Waals surface area contributed by atoms with Gasteiger partial charge in [-0.25, -0.2) is 4.58 Å². The van der Waals surface area contributed by atoms with E-state index >= 15 is 0 Å². The molecule has 13 heavy (non-hydrogen) atoms. The molecular weight excluding hydrogens is 275 g/mol. The van der Waals surface area contributed by atoms with Crippen molar-refractivity contribution in [1.82, 2.24) is 4.57 Å².